The lowest BCUT2D eigenvalue weighted by atomic mass is 10.1. The van der Waals surface area contributed by atoms with Crippen molar-refractivity contribution in [2.24, 2.45) is 0 Å². The number of aromatic nitrogens is 1. The van der Waals surface area contributed by atoms with Gasteiger partial charge < -0.3 is 10.4 Å². The molecule has 110 valence electrons. The average molecular weight is 346 g/mol. The maximum absolute atomic E-state index is 12.1. The molecule has 0 bridgehead atoms. The summed E-state index contributed by atoms with van der Waals surface area (Å²) in [5.74, 6) is -0.499. The molecule has 0 saturated carbocycles. The van der Waals surface area contributed by atoms with Gasteiger partial charge in [0.05, 0.1) is 26.7 Å². The predicted octanol–water partition coefficient (Wildman–Crippen LogP) is 3.51. The highest BCUT2D eigenvalue weighted by atomic mass is 35.5. The zero-order chi connectivity index (χ0) is 15.4. The first-order valence-electron chi connectivity index (χ1n) is 6.00. The molecule has 1 heterocycles. The number of aliphatic hydroxyl groups is 1. The van der Waals surface area contributed by atoms with Crippen molar-refractivity contribution >= 4 is 40.7 Å². The molecule has 7 heteroatoms. The van der Waals surface area contributed by atoms with E-state index in [-0.39, 0.29) is 27.2 Å². The Bertz CT molecular complexity index is 650. The minimum absolute atomic E-state index is 0.0159. The van der Waals surface area contributed by atoms with Gasteiger partial charge in [0.2, 0.25) is 0 Å². The number of hydrogen-bond donors (Lipinski definition) is 2. The molecule has 1 amide bonds. The fraction of sp³-hybridized carbons (Fsp3) is 0.143. The average Bonchev–Trinajstić information content (AvgIpc) is 2.50. The van der Waals surface area contributed by atoms with Crippen molar-refractivity contribution in [2.45, 2.75) is 6.10 Å². The van der Waals surface area contributed by atoms with E-state index in [1.807, 2.05) is 0 Å². The Hall–Kier alpha value is -1.33. The van der Waals surface area contributed by atoms with Crippen LogP contribution in [0.25, 0.3) is 0 Å². The predicted molar refractivity (Wildman–Crippen MR) is 83.0 cm³/mol. The summed E-state index contributed by atoms with van der Waals surface area (Å²) in [6.45, 7) is 0.0159. The zero-order valence-corrected chi connectivity index (χ0v) is 13.0. The van der Waals surface area contributed by atoms with Gasteiger partial charge in [0.1, 0.15) is 0 Å². The first-order valence-corrected chi connectivity index (χ1v) is 7.13. The van der Waals surface area contributed by atoms with Crippen LogP contribution < -0.4 is 5.32 Å². The molecule has 0 aliphatic heterocycles. The SMILES string of the molecule is O=C(NC[C@@H](O)c1ccncc1)c1c(Cl)ccc(Cl)c1Cl. The van der Waals surface area contributed by atoms with Crippen LogP contribution in [-0.2, 0) is 0 Å². The Balaban J connectivity index is 2.08. The van der Waals surface area contributed by atoms with Crippen molar-refractivity contribution in [3.63, 3.8) is 0 Å². The monoisotopic (exact) mass is 344 g/mol. The van der Waals surface area contributed by atoms with Crippen LogP contribution in [0.5, 0.6) is 0 Å². The van der Waals surface area contributed by atoms with E-state index in [4.69, 9.17) is 34.8 Å². The van der Waals surface area contributed by atoms with Crippen LogP contribution in [-0.4, -0.2) is 22.5 Å². The van der Waals surface area contributed by atoms with Crippen LogP contribution in [0.15, 0.2) is 36.7 Å². The molecule has 2 rings (SSSR count). The molecule has 1 aromatic heterocycles. The van der Waals surface area contributed by atoms with E-state index in [1.54, 1.807) is 24.5 Å². The van der Waals surface area contributed by atoms with Gasteiger partial charge in [0, 0.05) is 18.9 Å². The van der Waals surface area contributed by atoms with Gasteiger partial charge in [-0.3, -0.25) is 9.78 Å². The third-order valence-corrected chi connectivity index (χ3v) is 3.94. The number of nitrogens with one attached hydrogen (secondary N) is 1. The van der Waals surface area contributed by atoms with E-state index in [0.29, 0.717) is 5.56 Å². The molecule has 21 heavy (non-hydrogen) atoms. The second-order valence-corrected chi connectivity index (χ2v) is 5.42. The van der Waals surface area contributed by atoms with E-state index in [9.17, 15) is 9.90 Å². The highest BCUT2D eigenvalue weighted by Gasteiger charge is 2.18. The Morgan fingerprint density at radius 3 is 2.43 bits per heavy atom. The zero-order valence-electron chi connectivity index (χ0n) is 10.7. The molecule has 2 N–H and O–H groups in total. The summed E-state index contributed by atoms with van der Waals surface area (Å²) in [4.78, 5) is 16.0. The third-order valence-electron chi connectivity index (χ3n) is 2.82. The fourth-order valence-electron chi connectivity index (χ4n) is 1.72. The van der Waals surface area contributed by atoms with Gasteiger partial charge in [-0.25, -0.2) is 0 Å². The summed E-state index contributed by atoms with van der Waals surface area (Å²) in [5, 5.41) is 13.1. The normalized spacial score (nSPS) is 12.0. The van der Waals surface area contributed by atoms with Gasteiger partial charge in [-0.1, -0.05) is 34.8 Å². The molecule has 0 radical (unpaired) electrons. The van der Waals surface area contributed by atoms with Gasteiger partial charge in [-0.05, 0) is 29.8 Å². The van der Waals surface area contributed by atoms with Crippen LogP contribution in [0.3, 0.4) is 0 Å². The molecule has 0 aliphatic carbocycles. The third kappa shape index (κ3) is 3.86. The minimum Gasteiger partial charge on any atom is -0.387 e. The second-order valence-electron chi connectivity index (χ2n) is 4.22. The van der Waals surface area contributed by atoms with Gasteiger partial charge in [-0.15, -0.1) is 0 Å². The van der Waals surface area contributed by atoms with Crippen LogP contribution in [0.2, 0.25) is 15.1 Å². The Labute approximate surface area is 136 Å². The topological polar surface area (TPSA) is 62.2 Å². The van der Waals surface area contributed by atoms with Crippen molar-refractivity contribution in [2.75, 3.05) is 6.54 Å². The molecule has 0 unspecified atom stereocenters. The number of carbonyl (C=O) groups excluding carboxylic acids is 1. The number of aliphatic hydroxyl groups excluding tert-OH is 1. The van der Waals surface area contributed by atoms with Gasteiger partial charge in [0.15, 0.2) is 0 Å². The molecule has 4 nitrogen and oxygen atoms in total. The lowest BCUT2D eigenvalue weighted by Gasteiger charge is -2.13. The van der Waals surface area contributed by atoms with E-state index in [2.05, 4.69) is 10.3 Å². The standard InChI is InChI=1S/C14H11Cl3N2O2/c15-9-1-2-10(16)13(17)12(9)14(21)19-7-11(20)8-3-5-18-6-4-8/h1-6,11,20H,7H2,(H,19,21)/t11-/m1/s1. The van der Waals surface area contributed by atoms with Crippen molar-refractivity contribution in [3.8, 4) is 0 Å². The maximum Gasteiger partial charge on any atom is 0.254 e. The Morgan fingerprint density at radius 2 is 1.76 bits per heavy atom. The quantitative estimate of drug-likeness (QED) is 0.834. The molecule has 0 fully saturated rings. The van der Waals surface area contributed by atoms with Gasteiger partial charge in [-0.2, -0.15) is 0 Å². The number of amides is 1. The van der Waals surface area contributed by atoms with Gasteiger partial charge >= 0.3 is 0 Å². The summed E-state index contributed by atoms with van der Waals surface area (Å²) in [7, 11) is 0. The first kappa shape index (κ1) is 16.0. The molecule has 0 spiro atoms. The number of rotatable bonds is 4. The number of benzene rings is 1. The van der Waals surface area contributed by atoms with Crippen LogP contribution in [0, 0.1) is 0 Å². The van der Waals surface area contributed by atoms with Crippen molar-refractivity contribution < 1.29 is 9.90 Å². The summed E-state index contributed by atoms with van der Waals surface area (Å²) in [6, 6.07) is 6.32. The van der Waals surface area contributed by atoms with Crippen LogP contribution in [0.4, 0.5) is 0 Å². The highest BCUT2D eigenvalue weighted by molar-refractivity contribution is 6.46. The van der Waals surface area contributed by atoms with E-state index in [1.165, 1.54) is 12.1 Å². The maximum atomic E-state index is 12.1. The molecule has 0 aliphatic rings. The van der Waals surface area contributed by atoms with E-state index < -0.39 is 12.0 Å². The first-order chi connectivity index (χ1) is 10.0. The highest BCUT2D eigenvalue weighted by Crippen LogP contribution is 2.31. The van der Waals surface area contributed by atoms with Crippen molar-refractivity contribution in [1.29, 1.82) is 0 Å². The summed E-state index contributed by atoms with van der Waals surface area (Å²) in [6.07, 6.45) is 2.27. The molecule has 1 atom stereocenters. The summed E-state index contributed by atoms with van der Waals surface area (Å²) < 4.78 is 0. The van der Waals surface area contributed by atoms with Crippen molar-refractivity contribution in [1.82, 2.24) is 10.3 Å². The largest absolute Gasteiger partial charge is 0.387 e. The fourth-order valence-corrected chi connectivity index (χ4v) is 2.42. The summed E-state index contributed by atoms with van der Waals surface area (Å²) >= 11 is 17.8. The Morgan fingerprint density at radius 1 is 1.14 bits per heavy atom. The van der Waals surface area contributed by atoms with Gasteiger partial charge in [0.25, 0.3) is 5.91 Å². The lowest BCUT2D eigenvalue weighted by molar-refractivity contribution is 0.0916. The summed E-state index contributed by atoms with van der Waals surface area (Å²) in [5.41, 5.74) is 0.737. The molecular formula is C14H11Cl3N2O2. The molecular weight excluding hydrogens is 335 g/mol. The number of carbonyl (C=O) groups is 1. The molecule has 2 aromatic rings. The van der Waals surface area contributed by atoms with E-state index >= 15 is 0 Å². The Kier molecular flexibility index (Phi) is 5.42. The number of pyridine rings is 1. The lowest BCUT2D eigenvalue weighted by Crippen LogP contribution is -2.28. The number of halogens is 3. The number of nitrogens with zero attached hydrogens (tertiary/aromatic N) is 1. The number of hydrogen-bond acceptors (Lipinski definition) is 3. The molecule has 1 aromatic carbocycles. The minimum atomic E-state index is -0.853. The van der Waals surface area contributed by atoms with Crippen molar-refractivity contribution in [3.05, 3.63) is 62.9 Å². The second kappa shape index (κ2) is 7.09. The van der Waals surface area contributed by atoms with Crippen LogP contribution in [0.1, 0.15) is 22.0 Å². The molecule has 0 saturated heterocycles. The van der Waals surface area contributed by atoms with E-state index in [0.717, 1.165) is 0 Å². The smallest absolute Gasteiger partial charge is 0.254 e. The van der Waals surface area contributed by atoms with Crippen LogP contribution >= 0.6 is 34.8 Å².